The van der Waals surface area contributed by atoms with Crippen molar-refractivity contribution in [2.75, 3.05) is 13.7 Å². The number of carboxylic acid groups (broad SMARTS) is 1. The summed E-state index contributed by atoms with van der Waals surface area (Å²) in [5.41, 5.74) is -0.0704. The lowest BCUT2D eigenvalue weighted by Gasteiger charge is -2.43. The van der Waals surface area contributed by atoms with Crippen LogP contribution in [0.2, 0.25) is 0 Å². The Kier molecular flexibility index (Phi) is 7.99. The van der Waals surface area contributed by atoms with Gasteiger partial charge in [0.15, 0.2) is 11.6 Å². The highest BCUT2D eigenvalue weighted by atomic mass is 19.1. The maximum atomic E-state index is 14.0. The number of nitrogens with zero attached hydrogens (tertiary/aromatic N) is 2. The molecular weight excluding hydrogens is 467 g/mol. The zero-order valence-corrected chi connectivity index (χ0v) is 18.9. The van der Waals surface area contributed by atoms with E-state index in [4.69, 9.17) is 9.84 Å². The normalized spacial score (nSPS) is 20.9. The minimum absolute atomic E-state index is 0.0423. The van der Waals surface area contributed by atoms with Crippen molar-refractivity contribution in [2.45, 2.75) is 50.2 Å². The number of carbonyl (C=O) groups excluding carboxylic acids is 5. The molecular formula is C22H25FN4O8. The fraction of sp³-hybridized carbons (Fsp3) is 0.455. The lowest BCUT2D eigenvalue weighted by atomic mass is 10.0. The van der Waals surface area contributed by atoms with E-state index in [0.717, 1.165) is 16.1 Å². The van der Waals surface area contributed by atoms with Crippen molar-refractivity contribution >= 4 is 35.9 Å². The molecule has 0 unspecified atom stereocenters. The van der Waals surface area contributed by atoms with Crippen molar-refractivity contribution in [3.8, 4) is 5.75 Å². The molecule has 3 N–H and O–H groups in total. The molecule has 0 aromatic heterocycles. The highest BCUT2D eigenvalue weighted by Crippen LogP contribution is 2.25. The molecule has 3 atom stereocenters. The Hall–Kier alpha value is -4.03. The Bertz CT molecular complexity index is 1050. The second-order valence-electron chi connectivity index (χ2n) is 8.12. The van der Waals surface area contributed by atoms with Crippen LogP contribution in [-0.2, 0) is 24.0 Å². The van der Waals surface area contributed by atoms with Crippen LogP contribution in [-0.4, -0.2) is 82.8 Å². The Balaban J connectivity index is 1.81. The maximum Gasteiger partial charge on any atom is 0.305 e. The first kappa shape index (κ1) is 25.6. The molecule has 2 saturated heterocycles. The number of hydrogen-bond acceptors (Lipinski definition) is 7. The fourth-order valence-electron chi connectivity index (χ4n) is 4.06. The van der Waals surface area contributed by atoms with Crippen molar-refractivity contribution in [1.82, 2.24) is 20.7 Å². The van der Waals surface area contributed by atoms with Crippen molar-refractivity contribution in [2.24, 2.45) is 0 Å². The van der Waals surface area contributed by atoms with E-state index in [1.807, 2.05) is 0 Å². The third-order valence-corrected chi connectivity index (χ3v) is 5.77. The summed E-state index contributed by atoms with van der Waals surface area (Å²) in [6.07, 6.45) is 0.0489. The molecule has 2 heterocycles. The molecule has 1 aromatic rings. The van der Waals surface area contributed by atoms with E-state index >= 15 is 0 Å². The standard InChI is InChI=1S/C22H25FN4O8/c1-35-17-6-4-12(9-14(17)23)20(32)25-15-5-7-18(29)26-8-2-3-16(27(26)22(15)34)21(33)24-13(11-28)10-19(30)31/h4,6,9,11,13,15-16H,2-3,5,7-8,10H2,1H3,(H,24,33)(H,25,32)(H,30,31)/t13-,15-,16-/m0/s1. The predicted molar refractivity (Wildman–Crippen MR) is 115 cm³/mol. The molecule has 3 rings (SSSR count). The summed E-state index contributed by atoms with van der Waals surface area (Å²) in [6, 6.07) is -0.159. The lowest BCUT2D eigenvalue weighted by Crippen LogP contribution is -2.64. The predicted octanol–water partition coefficient (Wildman–Crippen LogP) is -0.380. The van der Waals surface area contributed by atoms with Gasteiger partial charge in [0.1, 0.15) is 18.4 Å². The molecule has 2 fully saturated rings. The van der Waals surface area contributed by atoms with Gasteiger partial charge in [-0.25, -0.2) is 9.40 Å². The van der Waals surface area contributed by atoms with Crippen LogP contribution in [0.3, 0.4) is 0 Å². The molecule has 0 radical (unpaired) electrons. The average molecular weight is 492 g/mol. The summed E-state index contributed by atoms with van der Waals surface area (Å²) in [4.78, 5) is 73.8. The summed E-state index contributed by atoms with van der Waals surface area (Å²) in [5.74, 6) is -4.84. The SMILES string of the molecule is COc1ccc(C(=O)N[C@H]2CCC(=O)N3CCC[C@@H](C(=O)N[C@H](C=O)CC(=O)O)N3C2=O)cc1F. The Morgan fingerprint density at radius 3 is 2.66 bits per heavy atom. The number of aldehydes is 1. The number of aliphatic carboxylic acids is 1. The number of hydrazine groups is 1. The van der Waals surface area contributed by atoms with Gasteiger partial charge in [-0.3, -0.25) is 29.0 Å². The van der Waals surface area contributed by atoms with Gasteiger partial charge in [0.2, 0.25) is 11.8 Å². The van der Waals surface area contributed by atoms with E-state index in [9.17, 15) is 33.2 Å². The minimum atomic E-state index is -1.31. The number of amides is 4. The molecule has 0 saturated carbocycles. The lowest BCUT2D eigenvalue weighted by molar-refractivity contribution is -0.176. The van der Waals surface area contributed by atoms with E-state index in [0.29, 0.717) is 6.42 Å². The molecule has 12 nitrogen and oxygen atoms in total. The molecule has 35 heavy (non-hydrogen) atoms. The summed E-state index contributed by atoms with van der Waals surface area (Å²) in [6.45, 7) is 0.172. The molecule has 0 spiro atoms. The minimum Gasteiger partial charge on any atom is -0.494 e. The van der Waals surface area contributed by atoms with Gasteiger partial charge in [-0.2, -0.15) is 0 Å². The number of fused-ring (bicyclic) bond motifs is 1. The first-order chi connectivity index (χ1) is 16.7. The number of benzene rings is 1. The van der Waals surface area contributed by atoms with E-state index in [-0.39, 0.29) is 43.4 Å². The molecule has 2 aliphatic heterocycles. The number of methoxy groups -OCH3 is 1. The van der Waals surface area contributed by atoms with Gasteiger partial charge in [-0.05, 0) is 37.5 Å². The number of carboxylic acids is 1. The van der Waals surface area contributed by atoms with Gasteiger partial charge < -0.3 is 25.3 Å². The van der Waals surface area contributed by atoms with E-state index in [1.165, 1.54) is 19.2 Å². The quantitative estimate of drug-likeness (QED) is 0.414. The van der Waals surface area contributed by atoms with Crippen molar-refractivity contribution in [1.29, 1.82) is 0 Å². The van der Waals surface area contributed by atoms with Gasteiger partial charge in [-0.15, -0.1) is 0 Å². The maximum absolute atomic E-state index is 14.0. The Morgan fingerprint density at radius 1 is 1.29 bits per heavy atom. The summed E-state index contributed by atoms with van der Waals surface area (Å²) in [5, 5.41) is 15.8. The molecule has 1 aromatic carbocycles. The number of carbonyl (C=O) groups is 6. The van der Waals surface area contributed by atoms with Crippen molar-refractivity contribution in [3.63, 3.8) is 0 Å². The number of rotatable bonds is 8. The molecule has 188 valence electrons. The summed E-state index contributed by atoms with van der Waals surface area (Å²) in [7, 11) is 1.27. The van der Waals surface area contributed by atoms with Crippen LogP contribution in [0.4, 0.5) is 4.39 Å². The van der Waals surface area contributed by atoms with Crippen LogP contribution in [0.15, 0.2) is 18.2 Å². The van der Waals surface area contributed by atoms with Crippen LogP contribution >= 0.6 is 0 Å². The molecule has 0 aliphatic carbocycles. The highest BCUT2D eigenvalue weighted by molar-refractivity contribution is 6.00. The Morgan fingerprint density at radius 2 is 2.03 bits per heavy atom. The smallest absolute Gasteiger partial charge is 0.305 e. The zero-order valence-electron chi connectivity index (χ0n) is 18.9. The molecule has 13 heteroatoms. The van der Waals surface area contributed by atoms with Gasteiger partial charge in [0, 0.05) is 18.5 Å². The Labute approximate surface area is 199 Å². The second-order valence-corrected chi connectivity index (χ2v) is 8.12. The van der Waals surface area contributed by atoms with Crippen LogP contribution in [0.5, 0.6) is 5.75 Å². The number of halogens is 1. The number of ether oxygens (including phenoxy) is 1. The first-order valence-electron chi connectivity index (χ1n) is 10.9. The molecule has 2 aliphatic rings. The van der Waals surface area contributed by atoms with Gasteiger partial charge in [0.05, 0.1) is 19.6 Å². The first-order valence-corrected chi connectivity index (χ1v) is 10.9. The largest absolute Gasteiger partial charge is 0.494 e. The average Bonchev–Trinajstić information content (AvgIpc) is 2.95. The third-order valence-electron chi connectivity index (χ3n) is 5.77. The van der Waals surface area contributed by atoms with Gasteiger partial charge in [-0.1, -0.05) is 0 Å². The van der Waals surface area contributed by atoms with E-state index in [2.05, 4.69) is 10.6 Å². The van der Waals surface area contributed by atoms with Crippen molar-refractivity contribution < 1.29 is 43.0 Å². The van der Waals surface area contributed by atoms with Gasteiger partial charge in [0.25, 0.3) is 11.8 Å². The third kappa shape index (κ3) is 5.73. The van der Waals surface area contributed by atoms with Crippen LogP contribution < -0.4 is 15.4 Å². The summed E-state index contributed by atoms with van der Waals surface area (Å²) < 4.78 is 18.8. The summed E-state index contributed by atoms with van der Waals surface area (Å²) >= 11 is 0. The number of nitrogens with one attached hydrogen (secondary N) is 2. The fourth-order valence-corrected chi connectivity index (χ4v) is 4.06. The van der Waals surface area contributed by atoms with Gasteiger partial charge >= 0.3 is 5.97 Å². The zero-order chi connectivity index (χ0) is 25.7. The van der Waals surface area contributed by atoms with E-state index in [1.54, 1.807) is 0 Å². The molecule has 4 amide bonds. The van der Waals surface area contributed by atoms with Crippen LogP contribution in [0.25, 0.3) is 0 Å². The highest BCUT2D eigenvalue weighted by Gasteiger charge is 2.45. The second kappa shape index (κ2) is 10.9. The van der Waals surface area contributed by atoms with Crippen LogP contribution in [0, 0.1) is 5.82 Å². The molecule has 0 bridgehead atoms. The van der Waals surface area contributed by atoms with Crippen molar-refractivity contribution in [3.05, 3.63) is 29.6 Å². The topological polar surface area (TPSA) is 162 Å². The van der Waals surface area contributed by atoms with E-state index < -0.39 is 60.0 Å². The monoisotopic (exact) mass is 492 g/mol. The van der Waals surface area contributed by atoms with Crippen LogP contribution in [0.1, 0.15) is 42.5 Å². The number of hydrogen-bond donors (Lipinski definition) is 3.